The Morgan fingerprint density at radius 2 is 1.73 bits per heavy atom. The molecule has 0 aromatic heterocycles. The summed E-state index contributed by atoms with van der Waals surface area (Å²) in [5.41, 5.74) is 2.90. The van der Waals surface area contributed by atoms with E-state index in [0.717, 1.165) is 63.0 Å². The van der Waals surface area contributed by atoms with Gasteiger partial charge in [0.1, 0.15) is 5.75 Å². The lowest BCUT2D eigenvalue weighted by atomic mass is 9.96. The number of carbonyl (C=O) groups is 1. The number of hydrogen-bond acceptors (Lipinski definition) is 5. The summed E-state index contributed by atoms with van der Waals surface area (Å²) in [5.74, 6) is -0.701. The normalized spacial score (nSPS) is 21.9. The molecule has 0 spiro atoms. The minimum absolute atomic E-state index is 0.101. The number of carbonyl (C=O) groups excluding carboxylic acids is 1. The molecule has 0 saturated carbocycles. The molecule has 1 unspecified atom stereocenters. The second-order valence-corrected chi connectivity index (χ2v) is 9.62. The number of sulfonamides is 1. The van der Waals surface area contributed by atoms with Crippen LogP contribution in [0.25, 0.3) is 0 Å². The van der Waals surface area contributed by atoms with Crippen molar-refractivity contribution >= 4 is 15.9 Å². The van der Waals surface area contributed by atoms with Gasteiger partial charge in [0, 0.05) is 32.6 Å². The molecule has 0 bridgehead atoms. The zero-order valence-electron chi connectivity index (χ0n) is 16.5. The van der Waals surface area contributed by atoms with Gasteiger partial charge in [-0.05, 0) is 55.9 Å². The Kier molecular flexibility index (Phi) is 7.25. The topological polar surface area (TPSA) is 79.0 Å². The molecule has 1 N–H and O–H groups in total. The van der Waals surface area contributed by atoms with Crippen molar-refractivity contribution in [2.45, 2.75) is 49.8 Å². The third-order valence-electron chi connectivity index (χ3n) is 5.29. The van der Waals surface area contributed by atoms with E-state index in [-0.39, 0.29) is 29.7 Å². The van der Waals surface area contributed by atoms with Crippen molar-refractivity contribution in [3.8, 4) is 5.75 Å². The molecular formula is C19H26F3N3O4S. The number of hydrogen-bond donors (Lipinski definition) is 1. The van der Waals surface area contributed by atoms with Crippen LogP contribution in [0.3, 0.4) is 0 Å². The fourth-order valence-corrected chi connectivity index (χ4v) is 5.42. The Morgan fingerprint density at radius 1 is 1.07 bits per heavy atom. The predicted octanol–water partition coefficient (Wildman–Crippen LogP) is 2.89. The van der Waals surface area contributed by atoms with Gasteiger partial charge in [-0.25, -0.2) is 13.4 Å². The van der Waals surface area contributed by atoms with Gasteiger partial charge in [0.25, 0.3) is 0 Å². The lowest BCUT2D eigenvalue weighted by Crippen LogP contribution is -2.47. The van der Waals surface area contributed by atoms with Gasteiger partial charge in [-0.15, -0.1) is 13.2 Å². The molecule has 2 heterocycles. The van der Waals surface area contributed by atoms with Crippen molar-refractivity contribution in [3.05, 3.63) is 24.3 Å². The van der Waals surface area contributed by atoms with Gasteiger partial charge < -0.3 is 4.74 Å². The molecule has 2 aliphatic rings. The number of hydrazine groups is 1. The molecule has 1 aromatic carbocycles. The Labute approximate surface area is 174 Å². The first-order chi connectivity index (χ1) is 14.1. The number of rotatable bonds is 6. The summed E-state index contributed by atoms with van der Waals surface area (Å²) in [5, 5.41) is 1.91. The van der Waals surface area contributed by atoms with Gasteiger partial charge in [-0.1, -0.05) is 6.42 Å². The maximum atomic E-state index is 12.9. The van der Waals surface area contributed by atoms with Crippen LogP contribution in [0.4, 0.5) is 13.2 Å². The van der Waals surface area contributed by atoms with Gasteiger partial charge in [0.05, 0.1) is 4.90 Å². The zero-order chi connectivity index (χ0) is 21.8. The van der Waals surface area contributed by atoms with Crippen LogP contribution in [0.2, 0.25) is 0 Å². The van der Waals surface area contributed by atoms with Crippen LogP contribution in [0.1, 0.15) is 38.5 Å². The van der Waals surface area contributed by atoms with E-state index < -0.39 is 22.1 Å². The molecule has 168 valence electrons. The first kappa shape index (κ1) is 22.8. The van der Waals surface area contributed by atoms with Gasteiger partial charge in [-0.2, -0.15) is 4.31 Å². The van der Waals surface area contributed by atoms with E-state index in [2.05, 4.69) is 10.2 Å². The largest absolute Gasteiger partial charge is 0.573 e. The number of nitrogens with zero attached hydrogens (tertiary/aromatic N) is 2. The number of ether oxygens (including phenoxy) is 1. The monoisotopic (exact) mass is 449 g/mol. The minimum Gasteiger partial charge on any atom is -0.406 e. The van der Waals surface area contributed by atoms with Gasteiger partial charge >= 0.3 is 6.36 Å². The van der Waals surface area contributed by atoms with E-state index in [9.17, 15) is 26.4 Å². The summed E-state index contributed by atoms with van der Waals surface area (Å²) in [7, 11) is -3.86. The third kappa shape index (κ3) is 6.32. The van der Waals surface area contributed by atoms with E-state index in [4.69, 9.17) is 0 Å². The molecular weight excluding hydrogens is 423 g/mol. The van der Waals surface area contributed by atoms with Crippen LogP contribution < -0.4 is 10.2 Å². The zero-order valence-corrected chi connectivity index (χ0v) is 17.3. The Bertz CT molecular complexity index is 824. The number of amides is 1. The molecule has 2 aliphatic heterocycles. The third-order valence-corrected chi connectivity index (χ3v) is 7.17. The number of halogens is 3. The van der Waals surface area contributed by atoms with Crippen LogP contribution in [0.5, 0.6) is 5.75 Å². The summed E-state index contributed by atoms with van der Waals surface area (Å²) >= 11 is 0. The molecule has 1 atom stereocenters. The Balaban J connectivity index is 1.58. The summed E-state index contributed by atoms with van der Waals surface area (Å²) in [6.07, 6.45) is 0.0142. The molecule has 0 radical (unpaired) electrons. The summed E-state index contributed by atoms with van der Waals surface area (Å²) in [6.45, 7) is 2.17. The average molecular weight is 449 g/mol. The lowest BCUT2D eigenvalue weighted by molar-refractivity contribution is -0.274. The van der Waals surface area contributed by atoms with Crippen molar-refractivity contribution in [3.63, 3.8) is 0 Å². The molecule has 2 fully saturated rings. The molecule has 0 aliphatic carbocycles. The highest BCUT2D eigenvalue weighted by atomic mass is 32.2. The predicted molar refractivity (Wildman–Crippen MR) is 103 cm³/mol. The first-order valence-electron chi connectivity index (χ1n) is 10.0. The summed E-state index contributed by atoms with van der Waals surface area (Å²) < 4.78 is 67.7. The highest BCUT2D eigenvalue weighted by Crippen LogP contribution is 2.28. The first-order valence-corrected chi connectivity index (χ1v) is 11.5. The molecule has 30 heavy (non-hydrogen) atoms. The lowest BCUT2D eigenvalue weighted by Gasteiger charge is -2.32. The quantitative estimate of drug-likeness (QED) is 0.723. The molecule has 1 amide bonds. The highest BCUT2D eigenvalue weighted by molar-refractivity contribution is 7.89. The Hall–Kier alpha value is -1.85. The van der Waals surface area contributed by atoms with E-state index in [1.807, 2.05) is 5.01 Å². The van der Waals surface area contributed by atoms with Crippen molar-refractivity contribution in [2.75, 3.05) is 26.2 Å². The van der Waals surface area contributed by atoms with Crippen LogP contribution in [0, 0.1) is 5.92 Å². The average Bonchev–Trinajstić information content (AvgIpc) is 2.68. The van der Waals surface area contributed by atoms with Crippen molar-refractivity contribution in [1.82, 2.24) is 14.7 Å². The van der Waals surface area contributed by atoms with E-state index in [1.165, 1.54) is 4.31 Å². The van der Waals surface area contributed by atoms with Crippen LogP contribution in [-0.2, 0) is 14.8 Å². The van der Waals surface area contributed by atoms with Gasteiger partial charge in [0.2, 0.25) is 15.9 Å². The molecule has 7 nitrogen and oxygen atoms in total. The number of benzene rings is 1. The fourth-order valence-electron chi connectivity index (χ4n) is 3.86. The van der Waals surface area contributed by atoms with Crippen molar-refractivity contribution < 1.29 is 31.1 Å². The van der Waals surface area contributed by atoms with Crippen LogP contribution in [-0.4, -0.2) is 56.2 Å². The molecule has 3 rings (SSSR count). The highest BCUT2D eigenvalue weighted by Gasteiger charge is 2.33. The van der Waals surface area contributed by atoms with E-state index in [0.29, 0.717) is 13.0 Å². The second kappa shape index (κ2) is 9.52. The Morgan fingerprint density at radius 3 is 2.37 bits per heavy atom. The van der Waals surface area contributed by atoms with E-state index >= 15 is 0 Å². The number of nitrogens with one attached hydrogen (secondary N) is 1. The summed E-state index contributed by atoms with van der Waals surface area (Å²) in [4.78, 5) is 12.2. The van der Waals surface area contributed by atoms with Crippen LogP contribution >= 0.6 is 0 Å². The fraction of sp³-hybridized carbons (Fsp3) is 0.632. The smallest absolute Gasteiger partial charge is 0.406 e. The molecule has 2 saturated heterocycles. The molecule has 11 heteroatoms. The van der Waals surface area contributed by atoms with Gasteiger partial charge in [0.15, 0.2) is 0 Å². The minimum atomic E-state index is -4.84. The maximum Gasteiger partial charge on any atom is 0.573 e. The number of piperidine rings is 2. The van der Waals surface area contributed by atoms with Crippen molar-refractivity contribution in [2.24, 2.45) is 5.92 Å². The van der Waals surface area contributed by atoms with Gasteiger partial charge in [-0.3, -0.25) is 10.2 Å². The van der Waals surface area contributed by atoms with Crippen molar-refractivity contribution in [1.29, 1.82) is 0 Å². The van der Waals surface area contributed by atoms with Crippen LogP contribution in [0.15, 0.2) is 29.2 Å². The SMILES string of the molecule is O=C(CC1CCCN(S(=O)(=O)c2ccc(OC(F)(F)F)cc2)C1)NN1CCCCC1. The van der Waals surface area contributed by atoms with E-state index in [1.54, 1.807) is 0 Å². The molecule has 1 aromatic rings. The maximum absolute atomic E-state index is 12.9. The number of alkyl halides is 3. The second-order valence-electron chi connectivity index (χ2n) is 7.68. The standard InChI is InChI=1S/C19H26F3N3O4S/c20-19(21,22)29-16-6-8-17(9-7-16)30(27,28)25-12-4-5-15(14-25)13-18(26)23-24-10-2-1-3-11-24/h6-9,15H,1-5,10-14H2,(H,23,26). The summed E-state index contributed by atoms with van der Waals surface area (Å²) in [6, 6.07) is 4.16.